The molecule has 61 heavy (non-hydrogen) atoms. The van der Waals surface area contributed by atoms with E-state index in [0.29, 0.717) is 19.4 Å². The van der Waals surface area contributed by atoms with Crippen LogP contribution in [-0.2, 0) is 52.5 Å². The molecule has 6 unspecified atom stereocenters. The third-order valence-electron chi connectivity index (χ3n) is 11.1. The van der Waals surface area contributed by atoms with Crippen molar-refractivity contribution in [3.63, 3.8) is 0 Å². The van der Waals surface area contributed by atoms with Gasteiger partial charge in [-0.2, -0.15) is 0 Å². The second kappa shape index (κ2) is 26.3. The SMILES string of the molecule is CCC1C(=O)OCC(=O)N(C)C(CC)C(=O)OC(C)C(=O)N(C)C(CC(C)C)C(=O)OC(C)C(=O)N(C)C(CC(C)C)COCCN1C.Cc1ccc(N2CCOCC2)cc1. The molecule has 2 fully saturated rings. The summed E-state index contributed by atoms with van der Waals surface area (Å²) >= 11 is 0. The molecule has 346 valence electrons. The predicted molar refractivity (Wildman–Crippen MR) is 233 cm³/mol. The first-order chi connectivity index (χ1) is 28.7. The van der Waals surface area contributed by atoms with Crippen LogP contribution in [0.25, 0.3) is 0 Å². The van der Waals surface area contributed by atoms with Gasteiger partial charge in [-0.25, -0.2) is 9.59 Å². The Hall–Kier alpha value is -4.28. The van der Waals surface area contributed by atoms with E-state index in [0.717, 1.165) is 31.2 Å². The molecular weight excluding hydrogens is 787 g/mol. The molecule has 3 amide bonds. The summed E-state index contributed by atoms with van der Waals surface area (Å²) in [6, 6.07) is 5.62. The Morgan fingerprint density at radius 1 is 0.623 bits per heavy atom. The summed E-state index contributed by atoms with van der Waals surface area (Å²) in [5.74, 6) is -3.62. The van der Waals surface area contributed by atoms with Gasteiger partial charge >= 0.3 is 17.9 Å². The molecule has 0 saturated carbocycles. The fourth-order valence-electron chi connectivity index (χ4n) is 7.18. The Bertz CT molecular complexity index is 1550. The number of aryl methyl sites for hydroxylation is 1. The maximum absolute atomic E-state index is 13.5. The summed E-state index contributed by atoms with van der Waals surface area (Å²) in [4.78, 5) is 87.5. The van der Waals surface area contributed by atoms with E-state index in [-0.39, 0.29) is 43.9 Å². The van der Waals surface area contributed by atoms with Crippen molar-refractivity contribution >= 4 is 41.3 Å². The van der Waals surface area contributed by atoms with Gasteiger partial charge in [0.05, 0.1) is 32.5 Å². The lowest BCUT2D eigenvalue weighted by Crippen LogP contribution is -2.52. The Morgan fingerprint density at radius 2 is 1.13 bits per heavy atom. The van der Waals surface area contributed by atoms with Crippen molar-refractivity contribution in [2.45, 2.75) is 124 Å². The molecule has 6 atom stereocenters. The highest BCUT2D eigenvalue weighted by molar-refractivity contribution is 5.91. The first-order valence-electron chi connectivity index (χ1n) is 21.8. The van der Waals surface area contributed by atoms with Crippen molar-refractivity contribution in [1.82, 2.24) is 19.6 Å². The number of carbonyl (C=O) groups is 6. The predicted octanol–water partition coefficient (Wildman–Crippen LogP) is 3.95. The van der Waals surface area contributed by atoms with Gasteiger partial charge in [0.1, 0.15) is 18.1 Å². The molecular formula is C45H75N5O11. The van der Waals surface area contributed by atoms with Crippen molar-refractivity contribution in [3.8, 4) is 0 Å². The fourth-order valence-corrected chi connectivity index (χ4v) is 7.18. The highest BCUT2D eigenvalue weighted by Crippen LogP contribution is 2.19. The number of likely N-dealkylation sites (N-methyl/N-ethyl adjacent to an activating group) is 4. The monoisotopic (exact) mass is 862 g/mol. The number of rotatable bonds is 7. The standard InChI is InChI=1S/C34H60N4O10.C11H15NO/c1-13-26-32(42)46-20-29(39)37(11)27(14-2)33(43)47-24(8)31(41)38(12)28(18-22(5)6)34(44)48-23(7)30(40)36(10)25(17-21(3)4)19-45-16-15-35(26)9;1-10-2-4-11(5-3-10)12-6-8-13-9-7-12/h21-28H,13-20H2,1-12H3;2-5H,6-9H2,1H3. The van der Waals surface area contributed by atoms with E-state index in [1.54, 1.807) is 25.9 Å². The Balaban J connectivity index is 0.000000823. The van der Waals surface area contributed by atoms with E-state index in [2.05, 4.69) is 36.1 Å². The number of anilines is 1. The van der Waals surface area contributed by atoms with Gasteiger partial charge in [-0.05, 0) is 77.5 Å². The zero-order valence-electron chi connectivity index (χ0n) is 39.1. The van der Waals surface area contributed by atoms with Crippen LogP contribution in [0.3, 0.4) is 0 Å². The van der Waals surface area contributed by atoms with Gasteiger partial charge in [-0.3, -0.25) is 24.1 Å². The molecule has 0 aromatic heterocycles. The van der Waals surface area contributed by atoms with Crippen LogP contribution in [0.4, 0.5) is 5.69 Å². The lowest BCUT2D eigenvalue weighted by atomic mass is 10.0. The van der Waals surface area contributed by atoms with E-state index in [9.17, 15) is 28.8 Å². The lowest BCUT2D eigenvalue weighted by molar-refractivity contribution is -0.171. The average Bonchev–Trinajstić information content (AvgIpc) is 3.22. The molecule has 2 aliphatic heterocycles. The zero-order chi connectivity index (χ0) is 46.0. The second-order valence-electron chi connectivity index (χ2n) is 16.9. The molecule has 16 heteroatoms. The summed E-state index contributed by atoms with van der Waals surface area (Å²) in [7, 11) is 6.21. The molecule has 16 nitrogen and oxygen atoms in total. The van der Waals surface area contributed by atoms with Crippen LogP contribution in [0.15, 0.2) is 24.3 Å². The van der Waals surface area contributed by atoms with Crippen LogP contribution in [0.2, 0.25) is 0 Å². The number of nitrogens with zero attached hydrogens (tertiary/aromatic N) is 5. The van der Waals surface area contributed by atoms with Gasteiger partial charge in [-0.15, -0.1) is 0 Å². The number of esters is 3. The van der Waals surface area contributed by atoms with Gasteiger partial charge in [0.2, 0.25) is 0 Å². The number of morpholine rings is 1. The number of ether oxygens (including phenoxy) is 5. The van der Waals surface area contributed by atoms with Crippen molar-refractivity contribution in [1.29, 1.82) is 0 Å². The molecule has 1 aromatic carbocycles. The van der Waals surface area contributed by atoms with Gasteiger partial charge in [0.15, 0.2) is 18.8 Å². The molecule has 2 heterocycles. The second-order valence-corrected chi connectivity index (χ2v) is 16.9. The van der Waals surface area contributed by atoms with E-state index < -0.39 is 72.6 Å². The molecule has 0 radical (unpaired) electrons. The highest BCUT2D eigenvalue weighted by atomic mass is 16.6. The minimum absolute atomic E-state index is 0.0198. The first kappa shape index (κ1) is 52.9. The van der Waals surface area contributed by atoms with Crippen molar-refractivity contribution in [2.75, 3.05) is 85.8 Å². The number of hydrogen-bond donors (Lipinski definition) is 0. The quantitative estimate of drug-likeness (QED) is 0.286. The third-order valence-corrected chi connectivity index (χ3v) is 11.1. The van der Waals surface area contributed by atoms with Gasteiger partial charge in [0, 0.05) is 46.5 Å². The van der Waals surface area contributed by atoms with Crippen molar-refractivity contribution in [2.24, 2.45) is 11.8 Å². The number of hydrogen-bond acceptors (Lipinski definition) is 13. The van der Waals surface area contributed by atoms with Crippen LogP contribution in [0.5, 0.6) is 0 Å². The van der Waals surface area contributed by atoms with Crippen molar-refractivity contribution < 1.29 is 52.5 Å². The maximum atomic E-state index is 13.5. The number of carbonyl (C=O) groups excluding carboxylic acids is 6. The first-order valence-corrected chi connectivity index (χ1v) is 21.8. The van der Waals surface area contributed by atoms with Crippen LogP contribution >= 0.6 is 0 Å². The number of cyclic esters (lactones) is 3. The minimum atomic E-state index is -1.30. The normalized spacial score (nSPS) is 25.8. The molecule has 1 aromatic rings. The molecule has 0 bridgehead atoms. The maximum Gasteiger partial charge on any atom is 0.329 e. The average molecular weight is 862 g/mol. The Labute approximate surface area is 364 Å². The van der Waals surface area contributed by atoms with Crippen molar-refractivity contribution in [3.05, 3.63) is 29.8 Å². The Kier molecular flexibility index (Phi) is 22.7. The highest BCUT2D eigenvalue weighted by Gasteiger charge is 2.37. The largest absolute Gasteiger partial charge is 0.454 e. The van der Waals surface area contributed by atoms with Gasteiger partial charge in [-0.1, -0.05) is 59.2 Å². The fraction of sp³-hybridized carbons (Fsp3) is 0.733. The van der Waals surface area contributed by atoms with Gasteiger partial charge < -0.3 is 43.3 Å². The molecule has 3 rings (SSSR count). The Morgan fingerprint density at radius 3 is 1.66 bits per heavy atom. The molecule has 0 aliphatic carbocycles. The lowest BCUT2D eigenvalue weighted by Gasteiger charge is -2.34. The molecule has 2 saturated heterocycles. The zero-order valence-corrected chi connectivity index (χ0v) is 39.1. The topological polar surface area (TPSA) is 165 Å². The van der Waals surface area contributed by atoms with E-state index in [4.69, 9.17) is 23.7 Å². The van der Waals surface area contributed by atoms with E-state index in [1.165, 1.54) is 49.0 Å². The molecule has 2 aliphatic rings. The van der Waals surface area contributed by atoms with Gasteiger partial charge in [0.25, 0.3) is 17.7 Å². The van der Waals surface area contributed by atoms with E-state index in [1.807, 2.05) is 34.6 Å². The van der Waals surface area contributed by atoms with Crippen LogP contribution in [0.1, 0.15) is 86.6 Å². The van der Waals surface area contributed by atoms with Crippen LogP contribution in [-0.4, -0.2) is 172 Å². The summed E-state index contributed by atoms with van der Waals surface area (Å²) < 4.78 is 27.8. The number of benzene rings is 1. The summed E-state index contributed by atoms with van der Waals surface area (Å²) in [6.07, 6.45) is -0.972. The summed E-state index contributed by atoms with van der Waals surface area (Å²) in [5.41, 5.74) is 2.63. The van der Waals surface area contributed by atoms with Crippen LogP contribution in [0, 0.1) is 18.8 Å². The molecule has 0 spiro atoms. The third kappa shape index (κ3) is 16.8. The smallest absolute Gasteiger partial charge is 0.329 e. The molecule has 0 N–H and O–H groups in total. The summed E-state index contributed by atoms with van der Waals surface area (Å²) in [5, 5.41) is 0. The minimum Gasteiger partial charge on any atom is -0.454 e. The van der Waals surface area contributed by atoms with Crippen LogP contribution < -0.4 is 4.90 Å². The number of amides is 3. The summed E-state index contributed by atoms with van der Waals surface area (Å²) in [6.45, 7) is 20.4. The van der Waals surface area contributed by atoms with E-state index >= 15 is 0 Å².